The summed E-state index contributed by atoms with van der Waals surface area (Å²) in [4.78, 5) is 25.7. The summed E-state index contributed by atoms with van der Waals surface area (Å²) >= 11 is 1.37. The molecule has 0 saturated carbocycles. The molecule has 166 valence electrons. The Bertz CT molecular complexity index is 1280. The molecular weight excluding hydrogens is 453 g/mol. The summed E-state index contributed by atoms with van der Waals surface area (Å²) in [6.45, 7) is 0. The molecule has 4 rings (SSSR count). The largest absolute Gasteiger partial charge is 0.365 e. The third kappa shape index (κ3) is 4.51. The number of fused-ring (bicyclic) bond motifs is 1. The fraction of sp³-hybridized carbons (Fsp3) is 0.182. The molecule has 0 spiro atoms. The van der Waals surface area contributed by atoms with Crippen molar-refractivity contribution in [2.24, 2.45) is 5.73 Å². The van der Waals surface area contributed by atoms with Crippen molar-refractivity contribution in [3.05, 3.63) is 75.9 Å². The maximum Gasteiger partial charge on any atom is 0.261 e. The number of halogens is 1. The fourth-order valence-corrected chi connectivity index (χ4v) is 5.96. The van der Waals surface area contributed by atoms with E-state index in [2.05, 4.69) is 10.0 Å². The van der Waals surface area contributed by atoms with E-state index in [1.807, 2.05) is 0 Å². The number of amides is 2. The number of rotatable bonds is 6. The van der Waals surface area contributed by atoms with Crippen LogP contribution in [-0.2, 0) is 22.9 Å². The number of hydrogen-bond donors (Lipinski definition) is 3. The van der Waals surface area contributed by atoms with E-state index < -0.39 is 27.7 Å². The lowest BCUT2D eigenvalue weighted by Crippen LogP contribution is -2.18. The quantitative estimate of drug-likeness (QED) is 0.503. The van der Waals surface area contributed by atoms with Crippen molar-refractivity contribution in [2.75, 3.05) is 10.0 Å². The van der Waals surface area contributed by atoms with Crippen LogP contribution in [-0.4, -0.2) is 20.2 Å². The smallest absolute Gasteiger partial charge is 0.261 e. The van der Waals surface area contributed by atoms with Crippen LogP contribution in [0.25, 0.3) is 0 Å². The van der Waals surface area contributed by atoms with Gasteiger partial charge in [-0.05, 0) is 79.8 Å². The van der Waals surface area contributed by atoms with Crippen molar-refractivity contribution in [1.29, 1.82) is 0 Å². The molecule has 0 radical (unpaired) electrons. The zero-order chi connectivity index (χ0) is 22.9. The summed E-state index contributed by atoms with van der Waals surface area (Å²) in [6.07, 6.45) is 3.64. The predicted octanol–water partition coefficient (Wildman–Crippen LogP) is 3.92. The first-order chi connectivity index (χ1) is 15.2. The lowest BCUT2D eigenvalue weighted by atomic mass is 9.95. The van der Waals surface area contributed by atoms with E-state index in [4.69, 9.17) is 5.73 Å². The van der Waals surface area contributed by atoms with Gasteiger partial charge in [-0.15, -0.1) is 11.3 Å². The minimum Gasteiger partial charge on any atom is -0.365 e. The van der Waals surface area contributed by atoms with Gasteiger partial charge in [-0.25, -0.2) is 12.8 Å². The van der Waals surface area contributed by atoms with Gasteiger partial charge in [0.15, 0.2) is 0 Å². The molecule has 0 fully saturated rings. The highest BCUT2D eigenvalue weighted by atomic mass is 32.2. The Balaban J connectivity index is 1.50. The molecule has 0 saturated heterocycles. The van der Waals surface area contributed by atoms with Gasteiger partial charge < -0.3 is 11.1 Å². The molecule has 3 aromatic rings. The molecule has 0 atom stereocenters. The summed E-state index contributed by atoms with van der Waals surface area (Å²) in [5, 5.41) is 3.21. The van der Waals surface area contributed by atoms with Gasteiger partial charge in [0.05, 0.1) is 10.5 Å². The second-order valence-corrected chi connectivity index (χ2v) is 10.2. The summed E-state index contributed by atoms with van der Waals surface area (Å²) in [6, 6.07) is 10.3. The molecule has 7 nitrogen and oxygen atoms in total. The van der Waals surface area contributed by atoms with Crippen LogP contribution in [0.3, 0.4) is 0 Å². The first-order valence-electron chi connectivity index (χ1n) is 9.89. The summed E-state index contributed by atoms with van der Waals surface area (Å²) < 4.78 is 40.3. The summed E-state index contributed by atoms with van der Waals surface area (Å²) in [7, 11) is -3.90. The zero-order valence-corrected chi connectivity index (χ0v) is 18.5. The Kier molecular flexibility index (Phi) is 5.98. The minimum atomic E-state index is -3.90. The Morgan fingerprint density at radius 1 is 0.969 bits per heavy atom. The van der Waals surface area contributed by atoms with Gasteiger partial charge in [0.2, 0.25) is 0 Å². The number of sulfonamides is 1. The molecule has 1 aromatic heterocycles. The second-order valence-electron chi connectivity index (χ2n) is 7.37. The van der Waals surface area contributed by atoms with Gasteiger partial charge in [0, 0.05) is 16.1 Å². The average Bonchev–Trinajstić information content (AvgIpc) is 3.12. The molecule has 0 bridgehead atoms. The van der Waals surface area contributed by atoms with Crippen molar-refractivity contribution >= 4 is 43.9 Å². The molecule has 10 heteroatoms. The van der Waals surface area contributed by atoms with Crippen LogP contribution in [0.4, 0.5) is 15.1 Å². The van der Waals surface area contributed by atoms with Gasteiger partial charge in [0.25, 0.3) is 21.8 Å². The number of hydrogen-bond acceptors (Lipinski definition) is 5. The number of benzene rings is 2. The molecule has 32 heavy (non-hydrogen) atoms. The first kappa shape index (κ1) is 22.0. The van der Waals surface area contributed by atoms with E-state index in [0.29, 0.717) is 10.6 Å². The van der Waals surface area contributed by atoms with Crippen LogP contribution in [0.5, 0.6) is 0 Å². The lowest BCUT2D eigenvalue weighted by molar-refractivity contribution is 0.100. The highest BCUT2D eigenvalue weighted by Gasteiger charge is 2.25. The van der Waals surface area contributed by atoms with Crippen LogP contribution in [0.1, 0.15) is 44.0 Å². The molecular formula is C22H20FN3O4S2. The Morgan fingerprint density at radius 3 is 2.28 bits per heavy atom. The maximum absolute atomic E-state index is 13.0. The van der Waals surface area contributed by atoms with Gasteiger partial charge >= 0.3 is 0 Å². The predicted molar refractivity (Wildman–Crippen MR) is 121 cm³/mol. The van der Waals surface area contributed by atoms with Gasteiger partial charge in [-0.2, -0.15) is 0 Å². The standard InChI is InChI=1S/C22H20FN3O4S2/c23-14-7-11-16(12-8-14)32(29,30)26-15-9-5-13(6-10-15)21(28)25-22-19(20(24)27)17-3-1-2-4-18(17)31-22/h5-12,26H,1-4H2,(H2,24,27)(H,25,28). The number of aryl methyl sites for hydroxylation is 1. The Hall–Kier alpha value is -3.24. The van der Waals surface area contributed by atoms with Gasteiger partial charge in [-0.1, -0.05) is 0 Å². The van der Waals surface area contributed by atoms with E-state index in [-0.39, 0.29) is 16.1 Å². The van der Waals surface area contributed by atoms with Crippen LogP contribution in [0, 0.1) is 5.82 Å². The third-order valence-corrected chi connectivity index (χ3v) is 7.77. The van der Waals surface area contributed by atoms with E-state index in [9.17, 15) is 22.4 Å². The van der Waals surface area contributed by atoms with Crippen molar-refractivity contribution in [1.82, 2.24) is 0 Å². The van der Waals surface area contributed by atoms with Crippen LogP contribution in [0.2, 0.25) is 0 Å². The van der Waals surface area contributed by atoms with E-state index in [1.165, 1.54) is 35.6 Å². The van der Waals surface area contributed by atoms with Crippen LogP contribution in [0.15, 0.2) is 53.4 Å². The number of nitrogens with two attached hydrogens (primary N) is 1. The highest BCUT2D eigenvalue weighted by Crippen LogP contribution is 2.38. The molecule has 4 N–H and O–H groups in total. The molecule has 1 aliphatic carbocycles. The maximum atomic E-state index is 13.0. The number of anilines is 2. The topological polar surface area (TPSA) is 118 Å². The molecule has 0 unspecified atom stereocenters. The monoisotopic (exact) mass is 473 g/mol. The molecule has 2 amide bonds. The normalized spacial score (nSPS) is 13.3. The van der Waals surface area contributed by atoms with E-state index >= 15 is 0 Å². The van der Waals surface area contributed by atoms with Crippen molar-refractivity contribution in [3.8, 4) is 0 Å². The van der Waals surface area contributed by atoms with E-state index in [0.717, 1.165) is 60.4 Å². The molecule has 2 aromatic carbocycles. The zero-order valence-electron chi connectivity index (χ0n) is 16.9. The SMILES string of the molecule is NC(=O)c1c(NC(=O)c2ccc(NS(=O)(=O)c3ccc(F)cc3)cc2)sc2c1CCCC2. The minimum absolute atomic E-state index is 0.0821. The van der Waals surface area contributed by atoms with Crippen LogP contribution < -0.4 is 15.8 Å². The Morgan fingerprint density at radius 2 is 1.62 bits per heavy atom. The Labute approximate surface area is 188 Å². The molecule has 0 aliphatic heterocycles. The number of thiophene rings is 1. The first-order valence-corrected chi connectivity index (χ1v) is 12.2. The average molecular weight is 474 g/mol. The summed E-state index contributed by atoms with van der Waals surface area (Å²) in [5.74, 6) is -1.53. The second kappa shape index (κ2) is 8.71. The fourth-order valence-electron chi connectivity index (χ4n) is 3.61. The van der Waals surface area contributed by atoms with Crippen molar-refractivity contribution in [2.45, 2.75) is 30.6 Å². The number of carbonyl (C=O) groups is 2. The van der Waals surface area contributed by atoms with Crippen molar-refractivity contribution < 1.29 is 22.4 Å². The van der Waals surface area contributed by atoms with Crippen molar-refractivity contribution in [3.63, 3.8) is 0 Å². The van der Waals surface area contributed by atoms with Gasteiger partial charge in [0.1, 0.15) is 10.8 Å². The lowest BCUT2D eigenvalue weighted by Gasteiger charge is -2.11. The molecule has 1 heterocycles. The van der Waals surface area contributed by atoms with Crippen LogP contribution >= 0.6 is 11.3 Å². The van der Waals surface area contributed by atoms with Gasteiger partial charge in [-0.3, -0.25) is 14.3 Å². The highest BCUT2D eigenvalue weighted by molar-refractivity contribution is 7.92. The molecule has 1 aliphatic rings. The summed E-state index contributed by atoms with van der Waals surface area (Å²) in [5.41, 5.74) is 7.40. The number of primary amides is 1. The third-order valence-electron chi connectivity index (χ3n) is 5.17. The number of nitrogens with one attached hydrogen (secondary N) is 2. The number of carbonyl (C=O) groups excluding carboxylic acids is 2. The van der Waals surface area contributed by atoms with E-state index in [1.54, 1.807) is 0 Å².